The molecule has 1 aromatic carbocycles. The lowest BCUT2D eigenvalue weighted by Gasteiger charge is -2.18. The van der Waals surface area contributed by atoms with Gasteiger partial charge in [-0.15, -0.1) is 7.92 Å². The van der Waals surface area contributed by atoms with Gasteiger partial charge in [0, 0.05) is 15.7 Å². The van der Waals surface area contributed by atoms with Gasteiger partial charge in [-0.3, -0.25) is 0 Å². The Kier molecular flexibility index (Phi) is 4.03. The first kappa shape index (κ1) is 12.1. The van der Waals surface area contributed by atoms with Crippen LogP contribution in [0.15, 0.2) is 16.6 Å². The smallest absolute Gasteiger partial charge is 0.131 e. The van der Waals surface area contributed by atoms with E-state index in [9.17, 15) is 8.78 Å². The molecule has 1 unspecified atom stereocenters. The summed E-state index contributed by atoms with van der Waals surface area (Å²) < 4.78 is 27.4. The van der Waals surface area contributed by atoms with Crippen LogP contribution in [0.2, 0.25) is 0 Å². The second-order valence-electron chi connectivity index (χ2n) is 3.42. The highest BCUT2D eigenvalue weighted by molar-refractivity contribution is 9.10. The zero-order valence-electron chi connectivity index (χ0n) is 8.31. The standard InChI is InChI=1S/C10H12BrF2P/c1-6(14(2)3)10-8(12)4-7(11)5-9(10)13/h4-6H,1-3H3. The Balaban J connectivity index is 3.20. The van der Waals surface area contributed by atoms with Crippen molar-refractivity contribution in [3.8, 4) is 0 Å². The molecule has 0 nitrogen and oxygen atoms in total. The number of hydrogen-bond donors (Lipinski definition) is 0. The fourth-order valence-corrected chi connectivity index (χ4v) is 2.38. The SMILES string of the molecule is CC(c1c(F)cc(Br)cc1F)P(C)C. The molecule has 0 bridgehead atoms. The molecule has 0 saturated carbocycles. The van der Waals surface area contributed by atoms with Gasteiger partial charge in [0.2, 0.25) is 0 Å². The Morgan fingerprint density at radius 2 is 1.64 bits per heavy atom. The monoisotopic (exact) mass is 280 g/mol. The van der Waals surface area contributed by atoms with Gasteiger partial charge in [-0.2, -0.15) is 0 Å². The third-order valence-corrected chi connectivity index (χ3v) is 4.50. The lowest BCUT2D eigenvalue weighted by atomic mass is 10.1. The minimum atomic E-state index is -0.458. The van der Waals surface area contributed by atoms with E-state index >= 15 is 0 Å². The van der Waals surface area contributed by atoms with Crippen LogP contribution in [0.4, 0.5) is 8.78 Å². The average molecular weight is 281 g/mol. The van der Waals surface area contributed by atoms with Gasteiger partial charge in [0.1, 0.15) is 11.6 Å². The Labute approximate surface area is 92.6 Å². The average Bonchev–Trinajstić information content (AvgIpc) is 2.01. The molecular weight excluding hydrogens is 269 g/mol. The second kappa shape index (κ2) is 4.67. The zero-order chi connectivity index (χ0) is 10.9. The lowest BCUT2D eigenvalue weighted by Crippen LogP contribution is -1.99. The Morgan fingerprint density at radius 1 is 1.21 bits per heavy atom. The second-order valence-corrected chi connectivity index (χ2v) is 7.04. The summed E-state index contributed by atoms with van der Waals surface area (Å²) in [6.07, 6.45) is 0. The van der Waals surface area contributed by atoms with Crippen LogP contribution in [0.5, 0.6) is 0 Å². The van der Waals surface area contributed by atoms with Crippen LogP contribution in [0.25, 0.3) is 0 Å². The summed E-state index contributed by atoms with van der Waals surface area (Å²) in [7, 11) is -0.375. The summed E-state index contributed by atoms with van der Waals surface area (Å²) in [5.74, 6) is -0.916. The maximum absolute atomic E-state index is 13.5. The van der Waals surface area contributed by atoms with E-state index in [4.69, 9.17) is 0 Å². The number of benzene rings is 1. The molecule has 0 spiro atoms. The van der Waals surface area contributed by atoms with Crippen LogP contribution in [-0.2, 0) is 0 Å². The molecule has 0 N–H and O–H groups in total. The molecule has 14 heavy (non-hydrogen) atoms. The summed E-state index contributed by atoms with van der Waals surface area (Å²) in [5.41, 5.74) is 0.169. The molecule has 0 aliphatic carbocycles. The minimum Gasteiger partial charge on any atom is -0.207 e. The highest BCUT2D eigenvalue weighted by Gasteiger charge is 2.19. The van der Waals surface area contributed by atoms with Crippen LogP contribution in [0.1, 0.15) is 18.1 Å². The van der Waals surface area contributed by atoms with Crippen molar-refractivity contribution in [1.29, 1.82) is 0 Å². The van der Waals surface area contributed by atoms with Gasteiger partial charge in [0.25, 0.3) is 0 Å². The molecule has 0 aliphatic heterocycles. The van der Waals surface area contributed by atoms with E-state index in [-0.39, 0.29) is 19.1 Å². The number of rotatable bonds is 2. The Hall–Kier alpha value is -0.0100. The molecule has 1 atom stereocenters. The van der Waals surface area contributed by atoms with Gasteiger partial charge in [-0.1, -0.05) is 22.9 Å². The minimum absolute atomic E-state index is 0.0434. The largest absolute Gasteiger partial charge is 0.207 e. The van der Waals surface area contributed by atoms with Crippen molar-refractivity contribution >= 4 is 23.9 Å². The predicted octanol–water partition coefficient (Wildman–Crippen LogP) is 4.53. The first-order valence-electron chi connectivity index (χ1n) is 4.24. The van der Waals surface area contributed by atoms with E-state index in [0.717, 1.165) is 0 Å². The molecular formula is C10H12BrF2P. The molecule has 0 aromatic heterocycles. The Morgan fingerprint density at radius 3 is 2.00 bits per heavy atom. The van der Waals surface area contributed by atoms with Crippen LogP contribution >= 0.6 is 23.9 Å². The van der Waals surface area contributed by atoms with Crippen LogP contribution in [0.3, 0.4) is 0 Å². The third kappa shape index (κ3) is 2.52. The molecule has 1 rings (SSSR count). The van der Waals surface area contributed by atoms with Gasteiger partial charge in [-0.25, -0.2) is 8.78 Å². The van der Waals surface area contributed by atoms with Crippen LogP contribution < -0.4 is 0 Å². The molecule has 78 valence electrons. The highest BCUT2D eigenvalue weighted by Crippen LogP contribution is 2.46. The molecule has 0 heterocycles. The summed E-state index contributed by atoms with van der Waals surface area (Å²) in [6, 6.07) is 2.63. The molecule has 0 fully saturated rings. The van der Waals surface area contributed by atoms with E-state index in [1.807, 2.05) is 20.3 Å². The van der Waals surface area contributed by atoms with E-state index < -0.39 is 11.6 Å². The first-order valence-corrected chi connectivity index (χ1v) is 7.34. The van der Waals surface area contributed by atoms with E-state index in [1.165, 1.54) is 12.1 Å². The molecule has 0 saturated heterocycles. The summed E-state index contributed by atoms with van der Waals surface area (Å²) in [4.78, 5) is 0. The maximum atomic E-state index is 13.5. The predicted molar refractivity (Wildman–Crippen MR) is 61.2 cm³/mol. The van der Waals surface area contributed by atoms with Crippen molar-refractivity contribution in [2.75, 3.05) is 13.3 Å². The summed E-state index contributed by atoms with van der Waals surface area (Å²) in [5, 5.41) is 0. The van der Waals surface area contributed by atoms with Crippen molar-refractivity contribution < 1.29 is 8.78 Å². The van der Waals surface area contributed by atoms with Gasteiger partial charge in [0.15, 0.2) is 0 Å². The van der Waals surface area contributed by atoms with Gasteiger partial charge in [-0.05, 0) is 25.5 Å². The highest BCUT2D eigenvalue weighted by atomic mass is 79.9. The normalized spacial score (nSPS) is 13.4. The van der Waals surface area contributed by atoms with E-state index in [2.05, 4.69) is 15.9 Å². The quantitative estimate of drug-likeness (QED) is 0.699. The third-order valence-electron chi connectivity index (χ3n) is 2.24. The summed E-state index contributed by atoms with van der Waals surface area (Å²) in [6.45, 7) is 5.89. The van der Waals surface area contributed by atoms with Crippen LogP contribution in [-0.4, -0.2) is 13.3 Å². The number of halogens is 3. The van der Waals surface area contributed by atoms with Gasteiger partial charge >= 0.3 is 0 Å². The summed E-state index contributed by atoms with van der Waals surface area (Å²) >= 11 is 3.06. The van der Waals surface area contributed by atoms with Crippen molar-refractivity contribution in [3.63, 3.8) is 0 Å². The van der Waals surface area contributed by atoms with Crippen molar-refractivity contribution in [1.82, 2.24) is 0 Å². The Bertz CT molecular complexity index is 316. The van der Waals surface area contributed by atoms with Gasteiger partial charge in [0.05, 0.1) is 0 Å². The van der Waals surface area contributed by atoms with Crippen molar-refractivity contribution in [2.45, 2.75) is 12.6 Å². The van der Waals surface area contributed by atoms with Crippen LogP contribution in [0, 0.1) is 11.6 Å². The van der Waals surface area contributed by atoms with Crippen molar-refractivity contribution in [2.24, 2.45) is 0 Å². The first-order chi connectivity index (χ1) is 6.43. The molecule has 0 radical (unpaired) electrons. The topological polar surface area (TPSA) is 0 Å². The lowest BCUT2D eigenvalue weighted by molar-refractivity contribution is 0.555. The van der Waals surface area contributed by atoms with E-state index in [1.54, 1.807) is 0 Å². The molecule has 4 heteroatoms. The zero-order valence-corrected chi connectivity index (χ0v) is 10.8. The van der Waals surface area contributed by atoms with Gasteiger partial charge < -0.3 is 0 Å². The number of hydrogen-bond acceptors (Lipinski definition) is 0. The van der Waals surface area contributed by atoms with E-state index in [0.29, 0.717) is 4.47 Å². The maximum Gasteiger partial charge on any atom is 0.131 e. The fourth-order valence-electron chi connectivity index (χ4n) is 1.21. The molecule has 0 amide bonds. The van der Waals surface area contributed by atoms with Crippen molar-refractivity contribution in [3.05, 3.63) is 33.8 Å². The molecule has 0 aliphatic rings. The molecule has 1 aromatic rings. The fraction of sp³-hybridized carbons (Fsp3) is 0.400.